The third-order valence-corrected chi connectivity index (χ3v) is 1.82. The Kier molecular flexibility index (Phi) is 3.53. The summed E-state index contributed by atoms with van der Waals surface area (Å²) in [6.45, 7) is 6.31. The summed E-state index contributed by atoms with van der Waals surface area (Å²) in [5.74, 6) is 0.286. The van der Waals surface area contributed by atoms with E-state index in [0.717, 1.165) is 6.42 Å². The first-order valence-corrected chi connectivity index (χ1v) is 3.70. The Labute approximate surface area is 78.7 Å². The molecule has 0 saturated heterocycles. The minimum absolute atomic E-state index is 0. The number of hydrogen-bond donors (Lipinski definition) is 0. The molecule has 0 bridgehead atoms. The van der Waals surface area contributed by atoms with Crippen LogP contribution in [0.3, 0.4) is 0 Å². The van der Waals surface area contributed by atoms with Gasteiger partial charge in [-0.05, 0) is 24.8 Å². The van der Waals surface area contributed by atoms with Gasteiger partial charge in [0.25, 0.3) is 0 Å². The molecule has 67 valence electrons. The molecule has 0 aromatic carbocycles. The standard InChI is InChI=1S/C9H14O.Cu/c1-7-4-8(10)6-9(2,3)5-7;/h4H,5-6H2,1-3H3;. The molecule has 1 radical (unpaired) electrons. The van der Waals surface area contributed by atoms with Crippen LogP contribution >= 0.6 is 0 Å². The molecule has 0 spiro atoms. The van der Waals surface area contributed by atoms with E-state index < -0.39 is 0 Å². The molecule has 2 heteroatoms. The summed E-state index contributed by atoms with van der Waals surface area (Å²) in [7, 11) is 0. The first-order chi connectivity index (χ1) is 4.49. The Morgan fingerprint density at radius 3 is 2.27 bits per heavy atom. The van der Waals surface area contributed by atoms with Crippen molar-refractivity contribution in [1.29, 1.82) is 0 Å². The number of carbonyl (C=O) groups excluding carboxylic acids is 1. The Hall–Kier alpha value is -0.0705. The number of ketones is 1. The second-order valence-electron chi connectivity index (χ2n) is 3.97. The third-order valence-electron chi connectivity index (χ3n) is 1.82. The van der Waals surface area contributed by atoms with Crippen LogP contribution in [0.25, 0.3) is 0 Å². The van der Waals surface area contributed by atoms with Crippen molar-refractivity contribution in [2.75, 3.05) is 0 Å². The van der Waals surface area contributed by atoms with Crippen molar-refractivity contribution >= 4 is 5.78 Å². The van der Waals surface area contributed by atoms with E-state index in [9.17, 15) is 4.79 Å². The molecule has 0 N–H and O–H groups in total. The fraction of sp³-hybridized carbons (Fsp3) is 0.667. The number of carbonyl (C=O) groups is 1. The fourth-order valence-corrected chi connectivity index (χ4v) is 1.67. The fourth-order valence-electron chi connectivity index (χ4n) is 1.67. The van der Waals surface area contributed by atoms with E-state index in [4.69, 9.17) is 0 Å². The van der Waals surface area contributed by atoms with E-state index in [-0.39, 0.29) is 28.3 Å². The molecule has 1 rings (SSSR count). The van der Waals surface area contributed by atoms with E-state index in [1.54, 1.807) is 6.08 Å². The van der Waals surface area contributed by atoms with E-state index in [2.05, 4.69) is 13.8 Å². The van der Waals surface area contributed by atoms with Crippen molar-refractivity contribution in [1.82, 2.24) is 0 Å². The molecule has 1 nitrogen and oxygen atoms in total. The molecule has 0 atom stereocenters. The molecule has 0 saturated carbocycles. The van der Waals surface area contributed by atoms with Crippen LogP contribution in [0.1, 0.15) is 33.6 Å². The minimum Gasteiger partial charge on any atom is -0.295 e. The van der Waals surface area contributed by atoms with Crippen molar-refractivity contribution in [2.45, 2.75) is 33.6 Å². The summed E-state index contributed by atoms with van der Waals surface area (Å²) >= 11 is 0. The maximum atomic E-state index is 11.0. The molecule has 0 aliphatic heterocycles. The van der Waals surface area contributed by atoms with Gasteiger partial charge in [0.2, 0.25) is 0 Å². The van der Waals surface area contributed by atoms with Crippen LogP contribution in [0.5, 0.6) is 0 Å². The summed E-state index contributed by atoms with van der Waals surface area (Å²) in [6.07, 6.45) is 3.55. The van der Waals surface area contributed by atoms with Gasteiger partial charge >= 0.3 is 0 Å². The summed E-state index contributed by atoms with van der Waals surface area (Å²) in [5, 5.41) is 0. The van der Waals surface area contributed by atoms with Crippen LogP contribution in [0.4, 0.5) is 0 Å². The van der Waals surface area contributed by atoms with Crippen LogP contribution in [-0.4, -0.2) is 5.78 Å². The van der Waals surface area contributed by atoms with Crippen molar-refractivity contribution < 1.29 is 21.9 Å². The first-order valence-electron chi connectivity index (χ1n) is 3.70. The van der Waals surface area contributed by atoms with Gasteiger partial charge in [-0.2, -0.15) is 0 Å². The zero-order chi connectivity index (χ0) is 7.78. The maximum absolute atomic E-state index is 11.0. The molecule has 0 fully saturated rings. The topological polar surface area (TPSA) is 17.1 Å². The van der Waals surface area contributed by atoms with Gasteiger partial charge in [-0.1, -0.05) is 19.4 Å². The molecule has 11 heavy (non-hydrogen) atoms. The van der Waals surface area contributed by atoms with Crippen molar-refractivity contribution in [2.24, 2.45) is 5.41 Å². The average molecular weight is 202 g/mol. The molecule has 1 aliphatic carbocycles. The zero-order valence-electron chi connectivity index (χ0n) is 7.20. The van der Waals surface area contributed by atoms with Gasteiger partial charge in [0, 0.05) is 23.5 Å². The van der Waals surface area contributed by atoms with Gasteiger partial charge in [0.1, 0.15) is 0 Å². The van der Waals surface area contributed by atoms with E-state index in [0.29, 0.717) is 6.42 Å². The van der Waals surface area contributed by atoms with Gasteiger partial charge in [0.05, 0.1) is 0 Å². The van der Waals surface area contributed by atoms with Crippen molar-refractivity contribution in [3.63, 3.8) is 0 Å². The van der Waals surface area contributed by atoms with Crippen LogP contribution < -0.4 is 0 Å². The van der Waals surface area contributed by atoms with Gasteiger partial charge < -0.3 is 0 Å². The number of rotatable bonds is 0. The van der Waals surface area contributed by atoms with Gasteiger partial charge in [-0.25, -0.2) is 0 Å². The van der Waals surface area contributed by atoms with E-state index in [1.807, 2.05) is 6.92 Å². The van der Waals surface area contributed by atoms with Gasteiger partial charge in [-0.3, -0.25) is 4.79 Å². The minimum atomic E-state index is 0. The SMILES string of the molecule is CC1=CC(=O)CC(C)(C)C1.[Cu]. The quantitative estimate of drug-likeness (QED) is 0.550. The number of allylic oxidation sites excluding steroid dienone is 2. The molecule has 0 aromatic rings. The summed E-state index contributed by atoms with van der Waals surface area (Å²) in [6, 6.07) is 0. The van der Waals surface area contributed by atoms with Gasteiger partial charge in [0.15, 0.2) is 5.78 Å². The van der Waals surface area contributed by atoms with Crippen LogP contribution in [0.15, 0.2) is 11.6 Å². The Morgan fingerprint density at radius 2 is 1.91 bits per heavy atom. The summed E-state index contributed by atoms with van der Waals surface area (Å²) in [5.41, 5.74) is 1.43. The Bertz CT molecular complexity index is 192. The van der Waals surface area contributed by atoms with Crippen LogP contribution in [0, 0.1) is 5.41 Å². The maximum Gasteiger partial charge on any atom is 0.156 e. The van der Waals surface area contributed by atoms with Crippen molar-refractivity contribution in [3.05, 3.63) is 11.6 Å². The zero-order valence-corrected chi connectivity index (χ0v) is 8.14. The molecule has 0 unspecified atom stereocenters. The van der Waals surface area contributed by atoms with Crippen LogP contribution in [0.2, 0.25) is 0 Å². The molecule has 1 aliphatic rings. The Morgan fingerprint density at radius 1 is 1.36 bits per heavy atom. The van der Waals surface area contributed by atoms with Crippen LogP contribution in [-0.2, 0) is 21.9 Å². The molecule has 0 aromatic heterocycles. The molecular formula is C9H14CuO. The van der Waals surface area contributed by atoms with E-state index in [1.165, 1.54) is 5.57 Å². The second-order valence-corrected chi connectivity index (χ2v) is 3.97. The largest absolute Gasteiger partial charge is 0.295 e. The average Bonchev–Trinajstić information content (AvgIpc) is 1.54. The predicted octanol–water partition coefficient (Wildman–Crippen LogP) is 2.32. The first kappa shape index (κ1) is 10.9. The summed E-state index contributed by atoms with van der Waals surface area (Å²) < 4.78 is 0. The normalized spacial score (nSPS) is 22.1. The molecular weight excluding hydrogens is 188 g/mol. The molecule has 0 amide bonds. The monoisotopic (exact) mass is 201 g/mol. The second kappa shape index (κ2) is 3.55. The van der Waals surface area contributed by atoms with Gasteiger partial charge in [-0.15, -0.1) is 0 Å². The third kappa shape index (κ3) is 3.22. The summed E-state index contributed by atoms with van der Waals surface area (Å²) in [4.78, 5) is 11.0. The molecule has 0 heterocycles. The smallest absolute Gasteiger partial charge is 0.156 e. The Balaban J connectivity index is 0.000001000. The number of hydrogen-bond acceptors (Lipinski definition) is 1. The van der Waals surface area contributed by atoms with E-state index >= 15 is 0 Å². The predicted molar refractivity (Wildman–Crippen MR) is 41.8 cm³/mol. The van der Waals surface area contributed by atoms with Crippen molar-refractivity contribution in [3.8, 4) is 0 Å².